The molecule has 0 radical (unpaired) electrons. The average molecular weight is 271 g/mol. The molecule has 0 bridgehead atoms. The summed E-state index contributed by atoms with van der Waals surface area (Å²) in [5.74, 6) is 4.00. The van der Waals surface area contributed by atoms with E-state index in [2.05, 4.69) is 20.4 Å². The fourth-order valence-corrected chi connectivity index (χ4v) is 3.11. The third-order valence-electron chi connectivity index (χ3n) is 4.25. The van der Waals surface area contributed by atoms with Crippen LogP contribution in [0.25, 0.3) is 0 Å². The van der Waals surface area contributed by atoms with Crippen molar-refractivity contribution in [2.45, 2.75) is 25.3 Å². The summed E-state index contributed by atoms with van der Waals surface area (Å²) in [5.41, 5.74) is 0. The van der Waals surface area contributed by atoms with Crippen LogP contribution in [0.15, 0.2) is 4.52 Å². The second kappa shape index (κ2) is 4.79. The minimum Gasteiger partial charge on any atom is -0.338 e. The van der Waals surface area contributed by atoms with Crippen molar-refractivity contribution >= 4 is 12.4 Å². The van der Waals surface area contributed by atoms with Crippen molar-refractivity contribution in [1.82, 2.24) is 20.4 Å². The lowest BCUT2D eigenvalue weighted by Gasteiger charge is -2.13. The van der Waals surface area contributed by atoms with Gasteiger partial charge in [-0.25, -0.2) is 0 Å². The summed E-state index contributed by atoms with van der Waals surface area (Å²) in [7, 11) is 0. The van der Waals surface area contributed by atoms with Gasteiger partial charge in [-0.3, -0.25) is 4.90 Å². The van der Waals surface area contributed by atoms with E-state index in [1.807, 2.05) is 0 Å². The minimum atomic E-state index is 0. The van der Waals surface area contributed by atoms with Gasteiger partial charge in [0.25, 0.3) is 0 Å². The number of fused-ring (bicyclic) bond motifs is 1. The van der Waals surface area contributed by atoms with Gasteiger partial charge in [0.1, 0.15) is 0 Å². The molecule has 6 heteroatoms. The smallest absolute Gasteiger partial charge is 0.240 e. The molecule has 0 unspecified atom stereocenters. The zero-order chi connectivity index (χ0) is 11.2. The molecule has 1 N–H and O–H groups in total. The first kappa shape index (κ1) is 12.4. The average Bonchev–Trinajstić information content (AvgIpc) is 2.72. The summed E-state index contributed by atoms with van der Waals surface area (Å²) < 4.78 is 5.33. The van der Waals surface area contributed by atoms with Crippen molar-refractivity contribution in [2.24, 2.45) is 11.8 Å². The first-order valence-corrected chi connectivity index (χ1v) is 6.64. The van der Waals surface area contributed by atoms with Gasteiger partial charge >= 0.3 is 0 Å². The number of nitrogens with one attached hydrogen (secondary N) is 1. The lowest BCUT2D eigenvalue weighted by atomic mass is 10.0. The highest BCUT2D eigenvalue weighted by atomic mass is 35.5. The third-order valence-corrected chi connectivity index (χ3v) is 4.25. The van der Waals surface area contributed by atoms with Crippen LogP contribution in [0.3, 0.4) is 0 Å². The molecule has 2 saturated heterocycles. The number of halogens is 1. The highest BCUT2D eigenvalue weighted by Gasteiger charge is 2.36. The molecule has 0 aromatic carbocycles. The Morgan fingerprint density at radius 3 is 2.61 bits per heavy atom. The topological polar surface area (TPSA) is 54.2 Å². The van der Waals surface area contributed by atoms with Crippen molar-refractivity contribution in [3.63, 3.8) is 0 Å². The predicted molar refractivity (Wildman–Crippen MR) is 68.6 cm³/mol. The monoisotopic (exact) mass is 270 g/mol. The largest absolute Gasteiger partial charge is 0.338 e. The van der Waals surface area contributed by atoms with Gasteiger partial charge in [0, 0.05) is 19.0 Å². The molecule has 1 aromatic heterocycles. The molecule has 100 valence electrons. The quantitative estimate of drug-likeness (QED) is 0.889. The van der Waals surface area contributed by atoms with Crippen LogP contribution in [0.5, 0.6) is 0 Å². The maximum atomic E-state index is 5.33. The maximum Gasteiger partial charge on any atom is 0.240 e. The predicted octanol–water partition coefficient (Wildman–Crippen LogP) is 1.02. The number of nitrogens with zero attached hydrogens (tertiary/aromatic N) is 3. The Morgan fingerprint density at radius 1 is 1.22 bits per heavy atom. The molecule has 5 nitrogen and oxygen atoms in total. The Bertz CT molecular complexity index is 408. The summed E-state index contributed by atoms with van der Waals surface area (Å²) in [6, 6.07) is 0. The first-order valence-electron chi connectivity index (χ1n) is 6.64. The Kier molecular flexibility index (Phi) is 3.30. The normalized spacial score (nSPS) is 31.3. The second-order valence-corrected chi connectivity index (χ2v) is 5.69. The van der Waals surface area contributed by atoms with E-state index >= 15 is 0 Å². The van der Waals surface area contributed by atoms with Gasteiger partial charge in [-0.05, 0) is 37.8 Å². The minimum absolute atomic E-state index is 0. The van der Waals surface area contributed by atoms with E-state index in [0.29, 0.717) is 5.92 Å². The van der Waals surface area contributed by atoms with Crippen LogP contribution in [-0.2, 0) is 6.54 Å². The second-order valence-electron chi connectivity index (χ2n) is 5.69. The lowest BCUT2D eigenvalue weighted by molar-refractivity contribution is 0.253. The Labute approximate surface area is 113 Å². The van der Waals surface area contributed by atoms with Crippen LogP contribution in [0.2, 0.25) is 0 Å². The van der Waals surface area contributed by atoms with Gasteiger partial charge in [-0.2, -0.15) is 4.98 Å². The molecule has 1 aliphatic carbocycles. The molecular weight excluding hydrogens is 252 g/mol. The van der Waals surface area contributed by atoms with E-state index in [-0.39, 0.29) is 12.4 Å². The lowest BCUT2D eigenvalue weighted by Crippen LogP contribution is -2.25. The zero-order valence-corrected chi connectivity index (χ0v) is 11.2. The summed E-state index contributed by atoms with van der Waals surface area (Å²) in [4.78, 5) is 6.95. The van der Waals surface area contributed by atoms with Gasteiger partial charge in [0.05, 0.1) is 6.54 Å². The summed E-state index contributed by atoms with van der Waals surface area (Å²) in [6.07, 6.45) is 2.47. The Morgan fingerprint density at radius 2 is 1.94 bits per heavy atom. The van der Waals surface area contributed by atoms with Gasteiger partial charge < -0.3 is 9.84 Å². The molecule has 0 spiro atoms. The van der Waals surface area contributed by atoms with Crippen LogP contribution in [0, 0.1) is 11.8 Å². The summed E-state index contributed by atoms with van der Waals surface area (Å²) in [6.45, 7) is 5.56. The van der Waals surface area contributed by atoms with Crippen LogP contribution in [0.4, 0.5) is 0 Å². The Hall–Kier alpha value is -0.650. The van der Waals surface area contributed by atoms with Crippen LogP contribution >= 0.6 is 12.4 Å². The summed E-state index contributed by atoms with van der Waals surface area (Å²) >= 11 is 0. The van der Waals surface area contributed by atoms with E-state index in [9.17, 15) is 0 Å². The Balaban J connectivity index is 0.000001000. The van der Waals surface area contributed by atoms with E-state index in [0.717, 1.165) is 30.1 Å². The fourth-order valence-electron chi connectivity index (χ4n) is 3.11. The van der Waals surface area contributed by atoms with Gasteiger partial charge in [0.2, 0.25) is 5.89 Å². The SMILES string of the molecule is C1CC1c1noc(CN2C[C@H]3CNC[C@H]3C2)n1.Cl. The van der Waals surface area contributed by atoms with E-state index in [1.54, 1.807) is 0 Å². The number of hydrogen-bond donors (Lipinski definition) is 1. The van der Waals surface area contributed by atoms with Crippen molar-refractivity contribution in [3.05, 3.63) is 11.7 Å². The van der Waals surface area contributed by atoms with Crippen molar-refractivity contribution in [3.8, 4) is 0 Å². The number of hydrogen-bond acceptors (Lipinski definition) is 5. The van der Waals surface area contributed by atoms with Gasteiger partial charge in [0.15, 0.2) is 5.82 Å². The van der Waals surface area contributed by atoms with E-state index < -0.39 is 0 Å². The van der Waals surface area contributed by atoms with Gasteiger partial charge in [-0.1, -0.05) is 5.16 Å². The maximum absolute atomic E-state index is 5.33. The molecule has 0 amide bonds. The highest BCUT2D eigenvalue weighted by Crippen LogP contribution is 2.38. The van der Waals surface area contributed by atoms with E-state index in [4.69, 9.17) is 4.52 Å². The zero-order valence-electron chi connectivity index (χ0n) is 10.3. The molecule has 2 aliphatic heterocycles. The molecule has 3 aliphatic rings. The summed E-state index contributed by atoms with van der Waals surface area (Å²) in [5, 5.41) is 7.53. The highest BCUT2D eigenvalue weighted by molar-refractivity contribution is 5.85. The third kappa shape index (κ3) is 2.27. The molecule has 18 heavy (non-hydrogen) atoms. The number of aromatic nitrogens is 2. The van der Waals surface area contributed by atoms with Crippen LogP contribution < -0.4 is 5.32 Å². The first-order chi connectivity index (χ1) is 8.38. The molecule has 2 atom stereocenters. The molecule has 4 rings (SSSR count). The van der Waals surface area contributed by atoms with Crippen LogP contribution in [-0.4, -0.2) is 41.2 Å². The molecule has 1 saturated carbocycles. The number of likely N-dealkylation sites (tertiary alicyclic amines) is 1. The van der Waals surface area contributed by atoms with Crippen molar-refractivity contribution in [2.75, 3.05) is 26.2 Å². The molecular formula is C12H19ClN4O. The number of rotatable bonds is 3. The van der Waals surface area contributed by atoms with Crippen molar-refractivity contribution < 1.29 is 4.52 Å². The fraction of sp³-hybridized carbons (Fsp3) is 0.833. The molecule has 3 heterocycles. The van der Waals surface area contributed by atoms with Crippen LogP contribution in [0.1, 0.15) is 30.5 Å². The van der Waals surface area contributed by atoms with Gasteiger partial charge in [-0.15, -0.1) is 12.4 Å². The molecule has 1 aromatic rings. The van der Waals surface area contributed by atoms with E-state index in [1.165, 1.54) is 39.0 Å². The molecule has 3 fully saturated rings. The standard InChI is InChI=1S/C12H18N4O.ClH/c1-2-8(1)12-14-11(17-15-12)7-16-5-9-3-13-4-10(9)6-16;/h8-10,13H,1-7H2;1H/t9-,10+;. The van der Waals surface area contributed by atoms with Crippen molar-refractivity contribution in [1.29, 1.82) is 0 Å².